The maximum Gasteiger partial charge on any atom is 0.408 e. The van der Waals surface area contributed by atoms with Gasteiger partial charge in [-0.3, -0.25) is 14.5 Å². The molecule has 3 amide bonds. The average molecular weight is 951 g/mol. The minimum Gasteiger partial charge on any atom is -0.491 e. The number of carbonyl (C=O) groups is 4. The molecule has 3 aliphatic carbocycles. The van der Waals surface area contributed by atoms with Crippen molar-refractivity contribution in [2.75, 3.05) is 51.9 Å². The molecule has 66 heavy (non-hydrogen) atoms. The number of methoxy groups -OCH3 is 1. The van der Waals surface area contributed by atoms with Crippen molar-refractivity contribution in [1.29, 1.82) is 0 Å². The highest BCUT2D eigenvalue weighted by molar-refractivity contribution is 7.14. The van der Waals surface area contributed by atoms with Crippen molar-refractivity contribution in [3.63, 3.8) is 0 Å². The fraction of sp³-hybridized carbons (Fsp3) is 0.625. The van der Waals surface area contributed by atoms with Crippen LogP contribution in [-0.2, 0) is 28.6 Å². The number of ether oxygens (including phenoxy) is 5. The quantitative estimate of drug-likeness (QED) is 0.100. The number of aromatic nitrogens is 2. The standard InChI is InChI=1S/C48H64ClN7O9S/c1-10-29-22-48(29,43(59)61-9)54-41(57)35-20-31(23-56(35)42(58)40(46(4,5)6)53-45(60)65-30-18-27-17-28(27)19-30)64-37-21-33(34-24-66-44(52-34)50-26(2)3)51-39-32(37)11-12-36(38(39)49)63-16-14-55-13-15-62-25-47(55,7)8/h10-12,21,24,26-31,35,40H,1,13-20,22-23,25H2,2-9H3,(H,50,52)(H,53,60)(H,54,57)/t27-,28+,29-,30?,31?,35+,40-,48?/m1/s1. The summed E-state index contributed by atoms with van der Waals surface area (Å²) < 4.78 is 29.8. The van der Waals surface area contributed by atoms with Crippen molar-refractivity contribution in [1.82, 2.24) is 30.4 Å². The van der Waals surface area contributed by atoms with Crippen molar-refractivity contribution in [2.45, 2.75) is 122 Å². The Labute approximate surface area is 395 Å². The number of halogens is 1. The van der Waals surface area contributed by atoms with Crippen molar-refractivity contribution in [2.24, 2.45) is 23.2 Å². The molecule has 358 valence electrons. The van der Waals surface area contributed by atoms with E-state index in [1.54, 1.807) is 18.2 Å². The number of fused-ring (bicyclic) bond motifs is 2. The maximum absolute atomic E-state index is 14.9. The molecule has 3 saturated carbocycles. The third kappa shape index (κ3) is 10.1. The molecule has 0 spiro atoms. The summed E-state index contributed by atoms with van der Waals surface area (Å²) in [6.45, 7) is 20.9. The summed E-state index contributed by atoms with van der Waals surface area (Å²) >= 11 is 8.63. The number of thiazole rings is 1. The lowest BCUT2D eigenvalue weighted by Gasteiger charge is -2.41. The Bertz CT molecular complexity index is 2340. The Morgan fingerprint density at radius 1 is 1.06 bits per heavy atom. The minimum absolute atomic E-state index is 0.0204. The van der Waals surface area contributed by atoms with Gasteiger partial charge in [0.15, 0.2) is 5.13 Å². The molecule has 0 radical (unpaired) electrons. The third-order valence-electron chi connectivity index (χ3n) is 13.6. The summed E-state index contributed by atoms with van der Waals surface area (Å²) in [5, 5.41) is 12.7. The van der Waals surface area contributed by atoms with Crippen molar-refractivity contribution in [3.05, 3.63) is 41.3 Å². The second kappa shape index (κ2) is 18.8. The molecule has 5 aliphatic rings. The molecule has 16 nitrogen and oxygen atoms in total. The number of hydrogen-bond acceptors (Lipinski definition) is 14. The lowest BCUT2D eigenvalue weighted by atomic mass is 9.85. The van der Waals surface area contributed by atoms with Crippen LogP contribution in [0.2, 0.25) is 5.02 Å². The first-order valence-corrected chi connectivity index (χ1v) is 24.3. The summed E-state index contributed by atoms with van der Waals surface area (Å²) in [5.74, 6) is 0.0889. The number of anilines is 1. The molecule has 0 bridgehead atoms. The number of amides is 3. The molecule has 5 fully saturated rings. The van der Waals surface area contributed by atoms with Gasteiger partial charge >= 0.3 is 12.1 Å². The van der Waals surface area contributed by atoms with E-state index < -0.39 is 53.0 Å². The van der Waals surface area contributed by atoms with Crippen LogP contribution in [0.4, 0.5) is 9.93 Å². The minimum atomic E-state index is -1.31. The van der Waals surface area contributed by atoms with E-state index >= 15 is 0 Å². The molecule has 2 aromatic heterocycles. The highest BCUT2D eigenvalue weighted by Gasteiger charge is 2.62. The summed E-state index contributed by atoms with van der Waals surface area (Å²) in [4.78, 5) is 69.6. The van der Waals surface area contributed by atoms with E-state index in [4.69, 9.17) is 45.3 Å². The van der Waals surface area contributed by atoms with Gasteiger partial charge < -0.3 is 44.5 Å². The predicted molar refractivity (Wildman–Crippen MR) is 252 cm³/mol. The molecule has 2 saturated heterocycles. The van der Waals surface area contributed by atoms with Crippen LogP contribution in [0.1, 0.15) is 80.6 Å². The molecule has 3 aromatic rings. The van der Waals surface area contributed by atoms with Gasteiger partial charge in [-0.2, -0.15) is 0 Å². The lowest BCUT2D eigenvalue weighted by molar-refractivity contribution is -0.148. The Hall–Kier alpha value is -4.71. The van der Waals surface area contributed by atoms with Crippen LogP contribution < -0.4 is 25.4 Å². The fourth-order valence-electron chi connectivity index (χ4n) is 9.74. The number of nitrogens with one attached hydrogen (secondary N) is 3. The smallest absolute Gasteiger partial charge is 0.408 e. The molecule has 1 aromatic carbocycles. The summed E-state index contributed by atoms with van der Waals surface area (Å²) in [5.41, 5.74) is -0.695. The van der Waals surface area contributed by atoms with Crippen LogP contribution in [0, 0.1) is 23.2 Å². The largest absolute Gasteiger partial charge is 0.491 e. The summed E-state index contributed by atoms with van der Waals surface area (Å²) in [6, 6.07) is 3.44. The summed E-state index contributed by atoms with van der Waals surface area (Å²) in [6.07, 6.45) is 3.20. The highest BCUT2D eigenvalue weighted by Crippen LogP contribution is 2.52. The Balaban J connectivity index is 1.10. The average Bonchev–Trinajstić information content (AvgIpc) is 3.92. The molecule has 8 rings (SSSR count). The number of nitrogens with zero attached hydrogens (tertiary/aromatic N) is 4. The number of morpholine rings is 1. The van der Waals surface area contributed by atoms with Gasteiger partial charge in [-0.1, -0.05) is 38.4 Å². The second-order valence-corrected chi connectivity index (χ2v) is 21.7. The van der Waals surface area contributed by atoms with Crippen LogP contribution >= 0.6 is 22.9 Å². The summed E-state index contributed by atoms with van der Waals surface area (Å²) in [7, 11) is 1.27. The van der Waals surface area contributed by atoms with Gasteiger partial charge in [0.05, 0.1) is 38.1 Å². The van der Waals surface area contributed by atoms with Gasteiger partial charge in [0.1, 0.15) is 58.7 Å². The van der Waals surface area contributed by atoms with E-state index in [0.717, 1.165) is 24.5 Å². The molecule has 3 unspecified atom stereocenters. The predicted octanol–water partition coefficient (Wildman–Crippen LogP) is 6.84. The molecular formula is C48H64ClN7O9S. The first-order valence-electron chi connectivity index (χ1n) is 23.1. The molecule has 18 heteroatoms. The van der Waals surface area contributed by atoms with Gasteiger partial charge in [-0.25, -0.2) is 19.6 Å². The van der Waals surface area contributed by atoms with Crippen LogP contribution in [0.25, 0.3) is 22.3 Å². The van der Waals surface area contributed by atoms with Crippen molar-refractivity contribution in [3.8, 4) is 22.9 Å². The third-order valence-corrected chi connectivity index (χ3v) is 14.8. The Kier molecular flexibility index (Phi) is 13.6. The van der Waals surface area contributed by atoms with Gasteiger partial charge in [0.2, 0.25) is 11.8 Å². The van der Waals surface area contributed by atoms with Crippen LogP contribution in [-0.4, -0.2) is 132 Å². The van der Waals surface area contributed by atoms with Crippen molar-refractivity contribution < 1.29 is 42.9 Å². The number of likely N-dealkylation sites (tertiary alicyclic amines) is 1. The van der Waals surface area contributed by atoms with Gasteiger partial charge in [0.25, 0.3) is 0 Å². The number of hydrogen-bond donors (Lipinski definition) is 3. The van der Waals surface area contributed by atoms with E-state index in [-0.39, 0.29) is 36.6 Å². The van der Waals surface area contributed by atoms with Crippen LogP contribution in [0.3, 0.4) is 0 Å². The van der Waals surface area contributed by atoms with Gasteiger partial charge in [-0.15, -0.1) is 17.9 Å². The van der Waals surface area contributed by atoms with Gasteiger partial charge in [-0.05, 0) is 82.8 Å². The first-order chi connectivity index (χ1) is 31.3. The highest BCUT2D eigenvalue weighted by atomic mass is 35.5. The van der Waals surface area contributed by atoms with E-state index in [1.165, 1.54) is 29.8 Å². The number of benzene rings is 1. The number of esters is 1. The van der Waals surface area contributed by atoms with E-state index in [0.29, 0.717) is 83.4 Å². The normalized spacial score (nSPS) is 27.2. The molecular weight excluding hydrogens is 886 g/mol. The van der Waals surface area contributed by atoms with E-state index in [9.17, 15) is 19.2 Å². The fourth-order valence-corrected chi connectivity index (χ4v) is 10.9. The van der Waals surface area contributed by atoms with Crippen molar-refractivity contribution >= 4 is 62.8 Å². The monoisotopic (exact) mass is 949 g/mol. The number of alkyl carbamates (subject to hydrolysis) is 1. The number of carbonyl (C=O) groups excluding carboxylic acids is 4. The lowest BCUT2D eigenvalue weighted by Crippen LogP contribution is -2.59. The zero-order valence-electron chi connectivity index (χ0n) is 39.2. The maximum atomic E-state index is 14.9. The van der Waals surface area contributed by atoms with Gasteiger partial charge in [0, 0.05) is 53.8 Å². The number of rotatable bonds is 16. The molecule has 8 atom stereocenters. The van der Waals surface area contributed by atoms with E-state index in [2.05, 4.69) is 41.3 Å². The Morgan fingerprint density at radius 2 is 1.82 bits per heavy atom. The first kappa shape index (κ1) is 47.8. The molecule has 3 N–H and O–H groups in total. The van der Waals surface area contributed by atoms with Crippen LogP contribution in [0.5, 0.6) is 11.5 Å². The number of pyridine rings is 1. The van der Waals surface area contributed by atoms with Crippen LogP contribution in [0.15, 0.2) is 36.2 Å². The van der Waals surface area contributed by atoms with E-state index in [1.807, 2.05) is 46.1 Å². The molecule has 2 aliphatic heterocycles. The topological polar surface area (TPSA) is 183 Å². The Morgan fingerprint density at radius 3 is 2.48 bits per heavy atom. The zero-order valence-corrected chi connectivity index (χ0v) is 40.8. The zero-order chi connectivity index (χ0) is 47.3. The molecule has 4 heterocycles. The SMILES string of the molecule is C=C[C@@H]1CC1(NC(=O)[C@@H]1CC(Oc2cc(-c3csc(NC(C)C)n3)nc3c(Cl)c(OCCN4CCOCC4(C)C)ccc23)CN1C(=O)[C@@H](NC(=O)OC1C[C@@H]2C[C@@H]2C1)C(C)(C)C)C(=O)OC. The second-order valence-electron chi connectivity index (χ2n) is 20.5.